The van der Waals surface area contributed by atoms with Crippen molar-refractivity contribution >= 4 is 11.6 Å². The van der Waals surface area contributed by atoms with E-state index in [9.17, 15) is 9.59 Å². The molecule has 0 radical (unpaired) electrons. The first kappa shape index (κ1) is 13.6. The first-order valence-corrected chi connectivity index (χ1v) is 6.76. The van der Waals surface area contributed by atoms with Crippen LogP contribution in [-0.2, 0) is 11.3 Å². The molecule has 104 valence electrons. The molecule has 2 rings (SSSR count). The van der Waals surface area contributed by atoms with E-state index in [1.807, 2.05) is 11.8 Å². The van der Waals surface area contributed by atoms with Gasteiger partial charge in [0.2, 0.25) is 5.91 Å². The monoisotopic (exact) mass is 263 g/mol. The van der Waals surface area contributed by atoms with Gasteiger partial charge in [0.1, 0.15) is 6.54 Å². The molecule has 1 aromatic heterocycles. The maximum atomic E-state index is 12.3. The van der Waals surface area contributed by atoms with Gasteiger partial charge >= 0.3 is 0 Å². The molecule has 1 atom stereocenters. The number of rotatable bonds is 2. The van der Waals surface area contributed by atoms with Gasteiger partial charge in [0.25, 0.3) is 5.56 Å². The zero-order valence-corrected chi connectivity index (χ0v) is 11.6. The fourth-order valence-corrected chi connectivity index (χ4v) is 2.58. The van der Waals surface area contributed by atoms with Crippen LogP contribution in [-0.4, -0.2) is 28.0 Å². The quantitative estimate of drug-likeness (QED) is 0.870. The number of nitrogen functional groups attached to an aromatic ring is 1. The van der Waals surface area contributed by atoms with Crippen molar-refractivity contribution in [2.75, 3.05) is 12.3 Å². The largest absolute Gasteiger partial charge is 0.394 e. The minimum Gasteiger partial charge on any atom is -0.394 e. The molecule has 1 aromatic rings. The van der Waals surface area contributed by atoms with Gasteiger partial charge in [0.15, 0.2) is 0 Å². The van der Waals surface area contributed by atoms with Crippen LogP contribution in [0.25, 0.3) is 0 Å². The maximum Gasteiger partial charge on any atom is 0.274 e. The van der Waals surface area contributed by atoms with Gasteiger partial charge in [-0.05, 0) is 45.2 Å². The summed E-state index contributed by atoms with van der Waals surface area (Å²) in [6, 6.07) is 3.62. The molecule has 5 nitrogen and oxygen atoms in total. The number of pyridine rings is 1. The minimum absolute atomic E-state index is 0.00278. The Hall–Kier alpha value is -1.78. The Balaban J connectivity index is 2.19. The SMILES string of the molecule is Cc1ccc(N)c(=O)n1CC(=O)N1CCCCC1C. The molecule has 0 saturated carbocycles. The number of likely N-dealkylation sites (tertiary alicyclic amines) is 1. The number of nitrogens with zero attached hydrogens (tertiary/aromatic N) is 2. The summed E-state index contributed by atoms with van der Waals surface area (Å²) in [5.74, 6) is 0.00278. The number of carbonyl (C=O) groups excluding carboxylic acids is 1. The first-order valence-electron chi connectivity index (χ1n) is 6.76. The number of aromatic nitrogens is 1. The van der Waals surface area contributed by atoms with Gasteiger partial charge in [-0.1, -0.05) is 0 Å². The Morgan fingerprint density at radius 1 is 1.42 bits per heavy atom. The second-order valence-electron chi connectivity index (χ2n) is 5.25. The molecule has 19 heavy (non-hydrogen) atoms. The molecule has 2 N–H and O–H groups in total. The van der Waals surface area contributed by atoms with Crippen LogP contribution in [0.4, 0.5) is 5.69 Å². The first-order chi connectivity index (χ1) is 9.00. The van der Waals surface area contributed by atoms with Gasteiger partial charge in [-0.25, -0.2) is 0 Å². The molecular formula is C14H21N3O2. The van der Waals surface area contributed by atoms with Gasteiger partial charge in [0, 0.05) is 18.3 Å². The van der Waals surface area contributed by atoms with Crippen LogP contribution in [0.2, 0.25) is 0 Å². The number of nitrogens with two attached hydrogens (primary N) is 1. The number of aryl methyl sites for hydroxylation is 1. The van der Waals surface area contributed by atoms with Crippen molar-refractivity contribution in [2.45, 2.75) is 45.7 Å². The van der Waals surface area contributed by atoms with E-state index in [1.54, 1.807) is 12.1 Å². The number of carbonyl (C=O) groups is 1. The molecule has 1 fully saturated rings. The zero-order chi connectivity index (χ0) is 14.0. The average Bonchev–Trinajstić information content (AvgIpc) is 2.39. The van der Waals surface area contributed by atoms with Crippen LogP contribution in [0.5, 0.6) is 0 Å². The third kappa shape index (κ3) is 2.80. The van der Waals surface area contributed by atoms with Crippen molar-refractivity contribution in [3.8, 4) is 0 Å². The third-order valence-electron chi connectivity index (χ3n) is 3.84. The molecule has 0 bridgehead atoms. The highest BCUT2D eigenvalue weighted by Crippen LogP contribution is 2.16. The van der Waals surface area contributed by atoms with E-state index in [2.05, 4.69) is 6.92 Å². The molecule has 0 spiro atoms. The minimum atomic E-state index is -0.280. The highest BCUT2D eigenvalue weighted by atomic mass is 16.2. The second kappa shape index (κ2) is 5.47. The van der Waals surface area contributed by atoms with Crippen LogP contribution in [0.1, 0.15) is 31.9 Å². The van der Waals surface area contributed by atoms with Gasteiger partial charge in [-0.15, -0.1) is 0 Å². The molecule has 1 unspecified atom stereocenters. The molecule has 5 heteroatoms. The normalized spacial score (nSPS) is 19.5. The van der Waals surface area contributed by atoms with E-state index in [0.29, 0.717) is 0 Å². The zero-order valence-electron chi connectivity index (χ0n) is 11.6. The Kier molecular flexibility index (Phi) is 3.93. The Morgan fingerprint density at radius 3 is 2.84 bits per heavy atom. The van der Waals surface area contributed by atoms with Crippen LogP contribution >= 0.6 is 0 Å². The lowest BCUT2D eigenvalue weighted by Crippen LogP contribution is -2.45. The summed E-state index contributed by atoms with van der Waals surface area (Å²) in [6.07, 6.45) is 3.25. The summed E-state index contributed by atoms with van der Waals surface area (Å²) in [5, 5.41) is 0. The molecule has 2 heterocycles. The van der Waals surface area contributed by atoms with E-state index in [4.69, 9.17) is 5.73 Å². The van der Waals surface area contributed by atoms with Crippen molar-refractivity contribution in [1.29, 1.82) is 0 Å². The van der Waals surface area contributed by atoms with Crippen LogP contribution in [0.15, 0.2) is 16.9 Å². The fourth-order valence-electron chi connectivity index (χ4n) is 2.58. The van der Waals surface area contributed by atoms with E-state index < -0.39 is 0 Å². The average molecular weight is 263 g/mol. The lowest BCUT2D eigenvalue weighted by Gasteiger charge is -2.33. The predicted octanol–water partition coefficient (Wildman–Crippen LogP) is 1.14. The van der Waals surface area contributed by atoms with E-state index in [0.717, 1.165) is 25.1 Å². The van der Waals surface area contributed by atoms with Crippen molar-refractivity contribution in [3.63, 3.8) is 0 Å². The summed E-state index contributed by atoms with van der Waals surface area (Å²) in [4.78, 5) is 26.1. The van der Waals surface area contributed by atoms with E-state index in [1.165, 1.54) is 11.0 Å². The van der Waals surface area contributed by atoms with E-state index >= 15 is 0 Å². The fraction of sp³-hybridized carbons (Fsp3) is 0.571. The summed E-state index contributed by atoms with van der Waals surface area (Å²) in [7, 11) is 0. The number of piperidine rings is 1. The molecule has 1 aliphatic rings. The Labute approximate surface area is 113 Å². The summed E-state index contributed by atoms with van der Waals surface area (Å²) in [5.41, 5.74) is 6.28. The third-order valence-corrected chi connectivity index (χ3v) is 3.84. The predicted molar refractivity (Wildman–Crippen MR) is 74.9 cm³/mol. The lowest BCUT2D eigenvalue weighted by atomic mass is 10.0. The van der Waals surface area contributed by atoms with Crippen molar-refractivity contribution < 1.29 is 4.79 Å². The van der Waals surface area contributed by atoms with Crippen molar-refractivity contribution in [1.82, 2.24) is 9.47 Å². The van der Waals surface area contributed by atoms with Crippen LogP contribution < -0.4 is 11.3 Å². The molecule has 1 amide bonds. The Bertz CT molecular complexity index is 536. The topological polar surface area (TPSA) is 68.3 Å². The highest BCUT2D eigenvalue weighted by Gasteiger charge is 2.23. The van der Waals surface area contributed by atoms with Gasteiger partial charge in [-0.2, -0.15) is 0 Å². The summed E-state index contributed by atoms with van der Waals surface area (Å²) in [6.45, 7) is 4.75. The number of anilines is 1. The smallest absolute Gasteiger partial charge is 0.274 e. The standard InChI is InChI=1S/C14H21N3O2/c1-10-5-3-4-8-16(10)13(18)9-17-11(2)6-7-12(15)14(17)19/h6-7,10H,3-5,8-9,15H2,1-2H3. The lowest BCUT2D eigenvalue weighted by molar-refractivity contribution is -0.135. The highest BCUT2D eigenvalue weighted by molar-refractivity contribution is 5.76. The van der Waals surface area contributed by atoms with Gasteiger partial charge in [-0.3, -0.25) is 9.59 Å². The van der Waals surface area contributed by atoms with Gasteiger partial charge < -0.3 is 15.2 Å². The van der Waals surface area contributed by atoms with Crippen molar-refractivity contribution in [2.24, 2.45) is 0 Å². The molecule has 1 saturated heterocycles. The summed E-state index contributed by atoms with van der Waals surface area (Å²) >= 11 is 0. The van der Waals surface area contributed by atoms with Crippen molar-refractivity contribution in [3.05, 3.63) is 28.2 Å². The number of amides is 1. The van der Waals surface area contributed by atoms with E-state index in [-0.39, 0.29) is 29.7 Å². The maximum absolute atomic E-state index is 12.3. The molecule has 0 aliphatic carbocycles. The van der Waals surface area contributed by atoms with Crippen LogP contribution in [0, 0.1) is 6.92 Å². The number of hydrogen-bond donors (Lipinski definition) is 1. The summed E-state index contributed by atoms with van der Waals surface area (Å²) < 4.78 is 1.46. The number of hydrogen-bond acceptors (Lipinski definition) is 3. The molecule has 0 aromatic carbocycles. The molecule has 1 aliphatic heterocycles. The Morgan fingerprint density at radius 2 is 2.16 bits per heavy atom. The second-order valence-corrected chi connectivity index (χ2v) is 5.25. The molecular weight excluding hydrogens is 242 g/mol. The van der Waals surface area contributed by atoms with Gasteiger partial charge in [0.05, 0.1) is 5.69 Å². The van der Waals surface area contributed by atoms with Crippen LogP contribution in [0.3, 0.4) is 0 Å².